The van der Waals surface area contributed by atoms with Gasteiger partial charge in [-0.2, -0.15) is 0 Å². The van der Waals surface area contributed by atoms with Gasteiger partial charge in [0.15, 0.2) is 0 Å². The van der Waals surface area contributed by atoms with Crippen LogP contribution in [0.3, 0.4) is 0 Å². The molecule has 1 rings (SSSR count). The van der Waals surface area contributed by atoms with Crippen LogP contribution in [-0.2, 0) is 0 Å². The highest BCUT2D eigenvalue weighted by atomic mass is 35.5. The Bertz CT molecular complexity index is 419. The number of halogens is 2. The van der Waals surface area contributed by atoms with E-state index in [0.717, 1.165) is 0 Å². The van der Waals surface area contributed by atoms with Crippen LogP contribution < -0.4 is 11.1 Å². The summed E-state index contributed by atoms with van der Waals surface area (Å²) in [6.07, 6.45) is 0.601. The molecule has 0 aromatic carbocycles. The molecule has 0 fully saturated rings. The van der Waals surface area contributed by atoms with Gasteiger partial charge in [0.25, 0.3) is 0 Å². The van der Waals surface area contributed by atoms with E-state index in [1.165, 1.54) is 0 Å². The van der Waals surface area contributed by atoms with Crippen LogP contribution in [0.2, 0.25) is 10.0 Å². The molecule has 1 unspecified atom stereocenters. The first kappa shape index (κ1) is 15.3. The highest BCUT2D eigenvalue weighted by Crippen LogP contribution is 2.31. The standard InChI is InChI=1S/C12H19Cl2N3O/c1-12(2,3)9(4-5-18)16-11-8(14)6-7(13)10(15)17-11/h6,9,18H,4-5H2,1-3H3,(H3,15,16,17). The molecule has 4 N–H and O–H groups in total. The van der Waals surface area contributed by atoms with Gasteiger partial charge < -0.3 is 16.2 Å². The Morgan fingerprint density at radius 2 is 2.00 bits per heavy atom. The number of pyridine rings is 1. The van der Waals surface area contributed by atoms with Crippen LogP contribution in [0.4, 0.5) is 11.6 Å². The molecule has 6 heteroatoms. The average molecular weight is 292 g/mol. The Balaban J connectivity index is 2.97. The lowest BCUT2D eigenvalue weighted by Gasteiger charge is -2.31. The Kier molecular flexibility index (Phi) is 5.08. The van der Waals surface area contributed by atoms with Crippen LogP contribution in [0, 0.1) is 5.41 Å². The smallest absolute Gasteiger partial charge is 0.147 e. The fourth-order valence-corrected chi connectivity index (χ4v) is 2.01. The molecule has 0 amide bonds. The number of aromatic nitrogens is 1. The summed E-state index contributed by atoms with van der Waals surface area (Å²) >= 11 is 11.9. The molecule has 0 saturated heterocycles. The molecule has 18 heavy (non-hydrogen) atoms. The molecular weight excluding hydrogens is 273 g/mol. The summed E-state index contributed by atoms with van der Waals surface area (Å²) in [4.78, 5) is 4.13. The summed E-state index contributed by atoms with van der Waals surface area (Å²) < 4.78 is 0. The molecular formula is C12H19Cl2N3O. The zero-order valence-corrected chi connectivity index (χ0v) is 12.3. The van der Waals surface area contributed by atoms with Gasteiger partial charge in [0, 0.05) is 12.6 Å². The predicted molar refractivity (Wildman–Crippen MR) is 77.2 cm³/mol. The summed E-state index contributed by atoms with van der Waals surface area (Å²) in [5, 5.41) is 13.1. The van der Waals surface area contributed by atoms with Crippen LogP contribution in [0.1, 0.15) is 27.2 Å². The molecule has 0 spiro atoms. The second-order valence-electron chi connectivity index (χ2n) is 5.26. The van der Waals surface area contributed by atoms with E-state index in [1.807, 2.05) is 0 Å². The molecule has 1 aromatic heterocycles. The summed E-state index contributed by atoms with van der Waals surface area (Å²) in [7, 11) is 0. The van der Waals surface area contributed by atoms with Crippen molar-refractivity contribution < 1.29 is 5.11 Å². The third-order valence-electron chi connectivity index (χ3n) is 2.73. The van der Waals surface area contributed by atoms with E-state index in [2.05, 4.69) is 31.1 Å². The summed E-state index contributed by atoms with van der Waals surface area (Å²) in [5.74, 6) is 0.729. The van der Waals surface area contributed by atoms with Crippen molar-refractivity contribution in [2.75, 3.05) is 17.7 Å². The lowest BCUT2D eigenvalue weighted by atomic mass is 9.85. The number of anilines is 2. The Hall–Kier alpha value is -0.710. The van der Waals surface area contributed by atoms with E-state index in [1.54, 1.807) is 6.07 Å². The molecule has 1 atom stereocenters. The highest BCUT2D eigenvalue weighted by Gasteiger charge is 2.25. The largest absolute Gasteiger partial charge is 0.396 e. The number of nitrogens with two attached hydrogens (primary N) is 1. The fourth-order valence-electron chi connectivity index (χ4n) is 1.60. The first-order valence-electron chi connectivity index (χ1n) is 5.74. The van der Waals surface area contributed by atoms with Gasteiger partial charge in [-0.15, -0.1) is 0 Å². The molecule has 0 aliphatic rings. The number of aliphatic hydroxyl groups is 1. The Morgan fingerprint density at radius 1 is 1.39 bits per heavy atom. The minimum atomic E-state index is -0.0395. The Labute approximate surface area is 117 Å². The van der Waals surface area contributed by atoms with Crippen molar-refractivity contribution in [3.8, 4) is 0 Å². The lowest BCUT2D eigenvalue weighted by Crippen LogP contribution is -2.35. The zero-order valence-electron chi connectivity index (χ0n) is 10.8. The summed E-state index contributed by atoms with van der Waals surface area (Å²) in [6, 6.07) is 1.60. The third-order valence-corrected chi connectivity index (χ3v) is 3.32. The number of aliphatic hydroxyl groups excluding tert-OH is 1. The van der Waals surface area contributed by atoms with Crippen LogP contribution in [-0.4, -0.2) is 22.7 Å². The minimum Gasteiger partial charge on any atom is -0.396 e. The maximum atomic E-state index is 9.11. The van der Waals surface area contributed by atoms with E-state index in [9.17, 15) is 0 Å². The van der Waals surface area contributed by atoms with Gasteiger partial charge >= 0.3 is 0 Å². The van der Waals surface area contributed by atoms with Crippen molar-refractivity contribution >= 4 is 34.8 Å². The van der Waals surface area contributed by atoms with Crippen molar-refractivity contribution in [3.05, 3.63) is 16.1 Å². The van der Waals surface area contributed by atoms with E-state index < -0.39 is 0 Å². The molecule has 0 aliphatic carbocycles. The second-order valence-corrected chi connectivity index (χ2v) is 6.08. The van der Waals surface area contributed by atoms with Crippen LogP contribution in [0.15, 0.2) is 6.07 Å². The maximum Gasteiger partial charge on any atom is 0.147 e. The molecule has 0 bridgehead atoms. The van der Waals surface area contributed by atoms with E-state index in [-0.39, 0.29) is 23.9 Å². The molecule has 4 nitrogen and oxygen atoms in total. The SMILES string of the molecule is CC(C)(C)C(CCO)Nc1nc(N)c(Cl)cc1Cl. The van der Waals surface area contributed by atoms with Gasteiger partial charge in [0.2, 0.25) is 0 Å². The summed E-state index contributed by atoms with van der Waals surface area (Å²) in [6.45, 7) is 6.32. The molecule has 0 radical (unpaired) electrons. The van der Waals surface area contributed by atoms with E-state index >= 15 is 0 Å². The Morgan fingerprint density at radius 3 is 2.50 bits per heavy atom. The average Bonchev–Trinajstić information content (AvgIpc) is 2.23. The third kappa shape index (κ3) is 3.90. The second kappa shape index (κ2) is 5.95. The van der Waals surface area contributed by atoms with Crippen molar-refractivity contribution in [1.29, 1.82) is 0 Å². The molecule has 0 saturated carbocycles. The first-order valence-corrected chi connectivity index (χ1v) is 6.50. The monoisotopic (exact) mass is 291 g/mol. The van der Waals surface area contributed by atoms with E-state index in [0.29, 0.717) is 22.3 Å². The van der Waals surface area contributed by atoms with Gasteiger partial charge in [0.05, 0.1) is 10.0 Å². The zero-order chi connectivity index (χ0) is 13.9. The molecule has 1 aromatic rings. The van der Waals surface area contributed by atoms with Gasteiger partial charge in [-0.1, -0.05) is 44.0 Å². The topological polar surface area (TPSA) is 71.2 Å². The number of nitrogen functional groups attached to an aromatic ring is 1. The lowest BCUT2D eigenvalue weighted by molar-refractivity contribution is 0.235. The van der Waals surface area contributed by atoms with Crippen LogP contribution >= 0.6 is 23.2 Å². The van der Waals surface area contributed by atoms with Gasteiger partial charge in [-0.25, -0.2) is 4.98 Å². The quantitative estimate of drug-likeness (QED) is 0.797. The molecule has 0 aliphatic heterocycles. The predicted octanol–water partition coefficient (Wildman–Crippen LogP) is 3.18. The molecule has 1 heterocycles. The number of nitrogens with one attached hydrogen (secondary N) is 1. The number of hydrogen-bond donors (Lipinski definition) is 3. The van der Waals surface area contributed by atoms with Crippen molar-refractivity contribution in [1.82, 2.24) is 4.98 Å². The van der Waals surface area contributed by atoms with Crippen molar-refractivity contribution in [2.24, 2.45) is 5.41 Å². The summed E-state index contributed by atoms with van der Waals surface area (Å²) in [5.41, 5.74) is 5.62. The van der Waals surface area contributed by atoms with Crippen molar-refractivity contribution in [3.63, 3.8) is 0 Å². The normalized spacial score (nSPS) is 13.4. The molecule has 102 valence electrons. The maximum absolute atomic E-state index is 9.11. The fraction of sp³-hybridized carbons (Fsp3) is 0.583. The number of hydrogen-bond acceptors (Lipinski definition) is 4. The van der Waals surface area contributed by atoms with E-state index in [4.69, 9.17) is 34.0 Å². The first-order chi connectivity index (χ1) is 8.25. The number of nitrogens with zero attached hydrogens (tertiary/aromatic N) is 1. The van der Waals surface area contributed by atoms with Crippen LogP contribution in [0.25, 0.3) is 0 Å². The van der Waals surface area contributed by atoms with Gasteiger partial charge in [-0.05, 0) is 17.9 Å². The van der Waals surface area contributed by atoms with Crippen molar-refractivity contribution in [2.45, 2.75) is 33.2 Å². The van der Waals surface area contributed by atoms with Crippen LogP contribution in [0.5, 0.6) is 0 Å². The van der Waals surface area contributed by atoms with Gasteiger partial charge in [-0.3, -0.25) is 0 Å². The number of rotatable bonds is 4. The minimum absolute atomic E-state index is 0.0353. The highest BCUT2D eigenvalue weighted by molar-refractivity contribution is 6.37. The van der Waals surface area contributed by atoms with Gasteiger partial charge in [0.1, 0.15) is 11.6 Å².